The summed E-state index contributed by atoms with van der Waals surface area (Å²) >= 11 is 0. The fourth-order valence-electron chi connectivity index (χ4n) is 8.48. The van der Waals surface area contributed by atoms with E-state index in [-0.39, 0.29) is 41.3 Å². The van der Waals surface area contributed by atoms with Gasteiger partial charge >= 0.3 is 5.97 Å². The third-order valence-corrected chi connectivity index (χ3v) is 9.95. The van der Waals surface area contributed by atoms with E-state index >= 15 is 0 Å². The van der Waals surface area contributed by atoms with Crippen LogP contribution in [-0.2, 0) is 19.1 Å². The van der Waals surface area contributed by atoms with E-state index in [0.29, 0.717) is 25.7 Å². The lowest BCUT2D eigenvalue weighted by Gasteiger charge is -2.62. The highest BCUT2D eigenvalue weighted by Crippen LogP contribution is 2.69. The molecule has 0 radical (unpaired) electrons. The van der Waals surface area contributed by atoms with Gasteiger partial charge in [0.2, 0.25) is 5.78 Å². The van der Waals surface area contributed by atoms with Crippen LogP contribution >= 0.6 is 0 Å². The van der Waals surface area contributed by atoms with Gasteiger partial charge in [-0.05, 0) is 73.7 Å². The molecule has 0 heterocycles. The molecule has 3 saturated carbocycles. The largest absolute Gasteiger partial charge is 0.450 e. The van der Waals surface area contributed by atoms with Crippen molar-refractivity contribution < 1.29 is 29.3 Å². The summed E-state index contributed by atoms with van der Waals surface area (Å²) in [7, 11) is 0. The summed E-state index contributed by atoms with van der Waals surface area (Å²) < 4.78 is 6.01. The average molecular weight is 461 g/mol. The number of hydrogen-bond donors (Lipinski definition) is 2. The lowest BCUT2D eigenvalue weighted by atomic mass is 9.44. The number of Topliss-reactive ketones (excluding diaryl/α,β-unsaturated/α-hetero) is 1. The van der Waals surface area contributed by atoms with E-state index in [2.05, 4.69) is 13.8 Å². The second kappa shape index (κ2) is 8.60. The molecule has 6 nitrogen and oxygen atoms in total. The summed E-state index contributed by atoms with van der Waals surface area (Å²) in [6, 6.07) is 0. The van der Waals surface area contributed by atoms with E-state index in [4.69, 9.17) is 4.74 Å². The number of rotatable bonds is 6. The molecule has 184 valence electrons. The smallest absolute Gasteiger partial charge is 0.306 e. The monoisotopic (exact) mass is 460 g/mol. The zero-order valence-corrected chi connectivity index (χ0v) is 20.6. The second-order valence-corrected chi connectivity index (χ2v) is 11.6. The van der Waals surface area contributed by atoms with E-state index in [1.54, 1.807) is 0 Å². The summed E-state index contributed by atoms with van der Waals surface area (Å²) in [6.45, 7) is 7.70. The molecular weight excluding hydrogens is 420 g/mol. The van der Waals surface area contributed by atoms with Crippen LogP contribution < -0.4 is 0 Å². The third-order valence-electron chi connectivity index (χ3n) is 9.95. The normalized spacial score (nSPS) is 44.4. The van der Waals surface area contributed by atoms with Crippen LogP contribution in [0.5, 0.6) is 0 Å². The molecule has 4 aliphatic carbocycles. The molecule has 33 heavy (non-hydrogen) atoms. The van der Waals surface area contributed by atoms with Crippen LogP contribution in [0.4, 0.5) is 0 Å². The lowest BCUT2D eigenvalue weighted by molar-refractivity contribution is -0.203. The molecule has 6 heteroatoms. The van der Waals surface area contributed by atoms with E-state index in [0.717, 1.165) is 25.7 Å². The number of esters is 1. The number of aliphatic hydroxyl groups is 2. The minimum atomic E-state index is -1.38. The Morgan fingerprint density at radius 3 is 2.64 bits per heavy atom. The first-order chi connectivity index (χ1) is 15.5. The zero-order chi connectivity index (χ0) is 24.2. The third kappa shape index (κ3) is 3.54. The topological polar surface area (TPSA) is 101 Å². The quantitative estimate of drug-likeness (QED) is 0.585. The maximum Gasteiger partial charge on any atom is 0.306 e. The van der Waals surface area contributed by atoms with Crippen molar-refractivity contribution in [2.24, 2.45) is 34.5 Å². The molecular formula is C27H40O6. The van der Waals surface area contributed by atoms with Gasteiger partial charge in [-0.1, -0.05) is 39.7 Å². The molecule has 0 unspecified atom stereocenters. The Labute approximate surface area is 197 Å². The Bertz CT molecular complexity index is 863. The molecule has 0 aromatic carbocycles. The van der Waals surface area contributed by atoms with E-state index in [1.807, 2.05) is 19.9 Å². The number of hydrogen-bond acceptors (Lipinski definition) is 6. The van der Waals surface area contributed by atoms with Crippen molar-refractivity contribution >= 4 is 17.5 Å². The van der Waals surface area contributed by atoms with E-state index in [9.17, 15) is 24.6 Å². The predicted octanol–water partition coefficient (Wildman–Crippen LogP) is 3.77. The minimum Gasteiger partial charge on any atom is -0.450 e. The Kier molecular flexibility index (Phi) is 6.41. The summed E-state index contributed by atoms with van der Waals surface area (Å²) in [5, 5.41) is 21.5. The molecule has 3 fully saturated rings. The van der Waals surface area contributed by atoms with Crippen molar-refractivity contribution in [3.63, 3.8) is 0 Å². The predicted molar refractivity (Wildman–Crippen MR) is 123 cm³/mol. The van der Waals surface area contributed by atoms with Gasteiger partial charge in [0.15, 0.2) is 11.4 Å². The lowest BCUT2D eigenvalue weighted by Crippen LogP contribution is -2.63. The molecule has 0 saturated heterocycles. The number of aliphatic hydroxyl groups excluding tert-OH is 2. The van der Waals surface area contributed by atoms with Crippen molar-refractivity contribution in [1.29, 1.82) is 0 Å². The van der Waals surface area contributed by atoms with Crippen LogP contribution in [0, 0.1) is 34.5 Å². The first-order valence-electron chi connectivity index (χ1n) is 12.8. The molecule has 0 aromatic rings. The van der Waals surface area contributed by atoms with Crippen molar-refractivity contribution in [3.8, 4) is 0 Å². The van der Waals surface area contributed by atoms with Gasteiger partial charge in [-0.25, -0.2) is 0 Å². The van der Waals surface area contributed by atoms with Gasteiger partial charge in [-0.3, -0.25) is 14.4 Å². The Hall–Kier alpha value is -1.53. The SMILES string of the molecule is CCCCC(=O)O[C@]1(C(=O)CO)CC[C@H]2[C@@H]3C[C@H](C)C4=CC(=O)CC[C@]4(C)[C@H]3[C@@H](O)C[C@@]21C. The highest BCUT2D eigenvalue weighted by Gasteiger charge is 2.70. The van der Waals surface area contributed by atoms with Gasteiger partial charge in [-0.2, -0.15) is 0 Å². The number of allylic oxidation sites excluding steroid dienone is 1. The average Bonchev–Trinajstić information content (AvgIpc) is 3.05. The number of unbranched alkanes of at least 4 members (excludes halogenated alkanes) is 1. The molecule has 0 aromatic heterocycles. The summed E-state index contributed by atoms with van der Waals surface area (Å²) in [5.74, 6) is -0.132. The van der Waals surface area contributed by atoms with Gasteiger partial charge in [0.1, 0.15) is 6.61 Å². The standard InChI is InChI=1S/C27H40O6/c1-5-6-7-23(32)33-27(22(31)15-28)11-9-19-18-12-16(2)20-13-17(29)8-10-25(20,3)24(18)21(30)14-26(19,27)4/h13,16,18-19,21,24,28,30H,5-12,14-15H2,1-4H3/t16-,18-,19-,21-,24+,25-,26-,27-/m0/s1. The highest BCUT2D eigenvalue weighted by atomic mass is 16.6. The van der Waals surface area contributed by atoms with Crippen LogP contribution in [0.25, 0.3) is 0 Å². The van der Waals surface area contributed by atoms with Crippen molar-refractivity contribution in [2.45, 2.75) is 97.2 Å². The Morgan fingerprint density at radius 2 is 1.97 bits per heavy atom. The molecule has 0 spiro atoms. The Balaban J connectivity index is 1.73. The maximum absolute atomic E-state index is 13.2. The number of carbonyl (C=O) groups excluding carboxylic acids is 3. The fraction of sp³-hybridized carbons (Fsp3) is 0.815. The van der Waals surface area contributed by atoms with Gasteiger partial charge in [0, 0.05) is 18.3 Å². The molecule has 8 atom stereocenters. The minimum absolute atomic E-state index is 0.0157. The molecule has 0 aliphatic heterocycles. The van der Waals surface area contributed by atoms with Gasteiger partial charge in [0.05, 0.1) is 6.10 Å². The van der Waals surface area contributed by atoms with E-state index in [1.165, 1.54) is 5.57 Å². The zero-order valence-electron chi connectivity index (χ0n) is 20.6. The molecule has 4 rings (SSSR count). The second-order valence-electron chi connectivity index (χ2n) is 11.6. The molecule has 0 amide bonds. The van der Waals surface area contributed by atoms with Gasteiger partial charge in [0.25, 0.3) is 0 Å². The van der Waals surface area contributed by atoms with E-state index < -0.39 is 35.5 Å². The highest BCUT2D eigenvalue weighted by molar-refractivity contribution is 5.92. The maximum atomic E-state index is 13.2. The summed E-state index contributed by atoms with van der Waals surface area (Å²) in [6.07, 6.45) is 6.56. The van der Waals surface area contributed by atoms with Gasteiger partial charge in [-0.15, -0.1) is 0 Å². The van der Waals surface area contributed by atoms with Crippen molar-refractivity contribution in [1.82, 2.24) is 0 Å². The van der Waals surface area contributed by atoms with Crippen LogP contribution in [0.3, 0.4) is 0 Å². The summed E-state index contributed by atoms with van der Waals surface area (Å²) in [5.41, 5.74) is -1.17. The molecule has 2 N–H and O–H groups in total. The summed E-state index contributed by atoms with van der Waals surface area (Å²) in [4.78, 5) is 38.1. The van der Waals surface area contributed by atoms with Crippen LogP contribution in [-0.4, -0.2) is 46.1 Å². The number of fused-ring (bicyclic) bond motifs is 5. The molecule has 0 bridgehead atoms. The van der Waals surface area contributed by atoms with Crippen LogP contribution in [0.2, 0.25) is 0 Å². The van der Waals surface area contributed by atoms with Crippen LogP contribution in [0.1, 0.15) is 85.5 Å². The fourth-order valence-corrected chi connectivity index (χ4v) is 8.48. The number of carbonyl (C=O) groups is 3. The van der Waals surface area contributed by atoms with Gasteiger partial charge < -0.3 is 14.9 Å². The van der Waals surface area contributed by atoms with Crippen molar-refractivity contribution in [2.75, 3.05) is 6.61 Å². The van der Waals surface area contributed by atoms with Crippen molar-refractivity contribution in [3.05, 3.63) is 11.6 Å². The first kappa shape index (κ1) is 24.6. The number of ketones is 2. The Morgan fingerprint density at radius 1 is 1.24 bits per heavy atom. The molecule has 4 aliphatic rings. The first-order valence-corrected chi connectivity index (χ1v) is 12.8. The van der Waals surface area contributed by atoms with Crippen LogP contribution in [0.15, 0.2) is 11.6 Å². The number of ether oxygens (including phenoxy) is 1.